The van der Waals surface area contributed by atoms with Crippen molar-refractivity contribution in [1.29, 1.82) is 0 Å². The highest BCUT2D eigenvalue weighted by Crippen LogP contribution is 2.18. The van der Waals surface area contributed by atoms with E-state index in [-0.39, 0.29) is 6.04 Å². The van der Waals surface area contributed by atoms with E-state index in [0.717, 1.165) is 13.0 Å². The van der Waals surface area contributed by atoms with Gasteiger partial charge in [-0.1, -0.05) is 18.9 Å². The van der Waals surface area contributed by atoms with Gasteiger partial charge in [0.2, 0.25) is 5.89 Å². The van der Waals surface area contributed by atoms with Crippen molar-refractivity contribution in [3.63, 3.8) is 0 Å². The number of aromatic nitrogens is 2. The fourth-order valence-electron chi connectivity index (χ4n) is 1.40. The Bertz CT molecular complexity index is 313. The van der Waals surface area contributed by atoms with E-state index in [2.05, 4.69) is 36.3 Å². The number of hydrogen-bond donors (Lipinski definition) is 1. The molecule has 1 aromatic heterocycles. The summed E-state index contributed by atoms with van der Waals surface area (Å²) in [6.45, 7) is 9.24. The third-order valence-electron chi connectivity index (χ3n) is 2.86. The van der Waals surface area contributed by atoms with Crippen LogP contribution in [0, 0.1) is 0 Å². The van der Waals surface area contributed by atoms with E-state index in [1.54, 1.807) is 0 Å². The van der Waals surface area contributed by atoms with E-state index in [9.17, 15) is 0 Å². The molecule has 0 bridgehead atoms. The molecule has 5 nitrogen and oxygen atoms in total. The number of hydrogen-bond acceptors (Lipinski definition) is 5. The van der Waals surface area contributed by atoms with Gasteiger partial charge in [-0.25, -0.2) is 0 Å². The highest BCUT2D eigenvalue weighted by atomic mass is 16.4. The highest BCUT2D eigenvalue weighted by molar-refractivity contribution is 5.24. The van der Waals surface area contributed by atoms with Gasteiger partial charge in [-0.2, -0.15) is 0 Å². The summed E-state index contributed by atoms with van der Waals surface area (Å²) in [5.41, 5.74) is 0. The normalized spacial score (nSPS) is 14.8. The van der Waals surface area contributed by atoms with Crippen LogP contribution in [-0.4, -0.2) is 29.8 Å². The van der Waals surface area contributed by atoms with Crippen molar-refractivity contribution >= 4 is 6.01 Å². The van der Waals surface area contributed by atoms with Crippen molar-refractivity contribution in [2.75, 3.05) is 18.5 Å². The maximum atomic E-state index is 5.62. The molecule has 1 aromatic rings. The molecule has 0 aliphatic carbocycles. The molecular formula is C11H22N4O. The third-order valence-corrected chi connectivity index (χ3v) is 2.86. The molecule has 2 atom stereocenters. The van der Waals surface area contributed by atoms with Crippen LogP contribution in [-0.2, 0) is 0 Å². The van der Waals surface area contributed by atoms with E-state index >= 15 is 0 Å². The van der Waals surface area contributed by atoms with Crippen LogP contribution in [0.15, 0.2) is 4.42 Å². The Hall–Kier alpha value is -1.10. The van der Waals surface area contributed by atoms with E-state index in [1.165, 1.54) is 0 Å². The van der Waals surface area contributed by atoms with Crippen LogP contribution in [0.4, 0.5) is 6.01 Å². The van der Waals surface area contributed by atoms with Gasteiger partial charge >= 0.3 is 6.01 Å². The summed E-state index contributed by atoms with van der Waals surface area (Å²) in [6.07, 6.45) is 1.05. The van der Waals surface area contributed by atoms with Crippen LogP contribution in [0.25, 0.3) is 0 Å². The summed E-state index contributed by atoms with van der Waals surface area (Å²) in [5.74, 6) is 0.645. The lowest BCUT2D eigenvalue weighted by molar-refractivity contribution is 0.415. The highest BCUT2D eigenvalue weighted by Gasteiger charge is 2.17. The van der Waals surface area contributed by atoms with E-state index < -0.39 is 0 Å². The number of nitrogens with one attached hydrogen (secondary N) is 1. The third kappa shape index (κ3) is 2.95. The van der Waals surface area contributed by atoms with Crippen molar-refractivity contribution in [3.05, 3.63) is 5.89 Å². The average Bonchev–Trinajstić information content (AvgIpc) is 2.76. The van der Waals surface area contributed by atoms with E-state index in [4.69, 9.17) is 4.42 Å². The van der Waals surface area contributed by atoms with E-state index in [1.807, 2.05) is 18.9 Å². The summed E-state index contributed by atoms with van der Waals surface area (Å²) in [5, 5.41) is 11.4. The molecule has 1 rings (SSSR count). The Balaban J connectivity index is 2.70. The monoisotopic (exact) mass is 226 g/mol. The minimum absolute atomic E-state index is 0.108. The van der Waals surface area contributed by atoms with Gasteiger partial charge in [0.1, 0.15) is 0 Å². The molecule has 92 valence electrons. The fourth-order valence-corrected chi connectivity index (χ4v) is 1.40. The van der Waals surface area contributed by atoms with Crippen LogP contribution < -0.4 is 10.2 Å². The minimum Gasteiger partial charge on any atom is -0.406 e. The molecule has 1 N–H and O–H groups in total. The second-order valence-corrected chi connectivity index (χ2v) is 4.07. The Kier molecular flexibility index (Phi) is 4.73. The van der Waals surface area contributed by atoms with Crippen molar-refractivity contribution in [2.45, 2.75) is 46.2 Å². The lowest BCUT2D eigenvalue weighted by Gasteiger charge is -2.20. The van der Waals surface area contributed by atoms with E-state index in [0.29, 0.717) is 17.9 Å². The SMILES string of the molecule is CCNC(C)c1nnc(N(C)C(C)CC)o1. The largest absolute Gasteiger partial charge is 0.406 e. The minimum atomic E-state index is 0.108. The van der Waals surface area contributed by atoms with Gasteiger partial charge in [0.05, 0.1) is 6.04 Å². The van der Waals surface area contributed by atoms with Crippen molar-refractivity contribution in [1.82, 2.24) is 15.5 Å². The summed E-state index contributed by atoms with van der Waals surface area (Å²) < 4.78 is 5.62. The Morgan fingerprint density at radius 2 is 2.00 bits per heavy atom. The smallest absolute Gasteiger partial charge is 0.318 e. The molecule has 0 fully saturated rings. The van der Waals surface area contributed by atoms with Gasteiger partial charge in [-0.05, 0) is 26.8 Å². The summed E-state index contributed by atoms with van der Waals surface area (Å²) >= 11 is 0. The Morgan fingerprint density at radius 1 is 1.31 bits per heavy atom. The maximum absolute atomic E-state index is 5.62. The zero-order valence-corrected chi connectivity index (χ0v) is 10.8. The van der Waals surface area contributed by atoms with Crippen LogP contribution in [0.3, 0.4) is 0 Å². The molecular weight excluding hydrogens is 204 g/mol. The second kappa shape index (κ2) is 5.84. The molecule has 0 aliphatic rings. The molecule has 0 aliphatic heterocycles. The lowest BCUT2D eigenvalue weighted by Crippen LogP contribution is -2.28. The van der Waals surface area contributed by atoms with Gasteiger partial charge in [0.25, 0.3) is 0 Å². The van der Waals surface area contributed by atoms with Crippen molar-refractivity contribution in [3.8, 4) is 0 Å². The summed E-state index contributed by atoms with van der Waals surface area (Å²) in [6, 6.07) is 1.11. The van der Waals surface area contributed by atoms with Crippen molar-refractivity contribution < 1.29 is 4.42 Å². The molecule has 0 radical (unpaired) electrons. The van der Waals surface area contributed by atoms with Gasteiger partial charge < -0.3 is 14.6 Å². The number of rotatable bonds is 6. The van der Waals surface area contributed by atoms with Crippen LogP contribution in [0.2, 0.25) is 0 Å². The molecule has 2 unspecified atom stereocenters. The molecule has 0 saturated heterocycles. The number of nitrogens with zero attached hydrogens (tertiary/aromatic N) is 3. The summed E-state index contributed by atoms with van der Waals surface area (Å²) in [4.78, 5) is 2.01. The quantitative estimate of drug-likeness (QED) is 0.803. The van der Waals surface area contributed by atoms with Gasteiger partial charge in [-0.3, -0.25) is 0 Å². The first kappa shape index (κ1) is 13.0. The molecule has 0 amide bonds. The summed E-state index contributed by atoms with van der Waals surface area (Å²) in [7, 11) is 1.98. The molecule has 1 heterocycles. The standard InChI is InChI=1S/C11H22N4O/c1-6-8(3)15(5)11-14-13-10(16-11)9(4)12-7-2/h8-9,12H,6-7H2,1-5H3. The van der Waals surface area contributed by atoms with Gasteiger partial charge in [0.15, 0.2) is 0 Å². The molecule has 0 saturated carbocycles. The van der Waals surface area contributed by atoms with Gasteiger partial charge in [0, 0.05) is 13.1 Å². The topological polar surface area (TPSA) is 54.2 Å². The lowest BCUT2D eigenvalue weighted by atomic mass is 10.2. The average molecular weight is 226 g/mol. The first-order chi connectivity index (χ1) is 7.60. The van der Waals surface area contributed by atoms with Crippen molar-refractivity contribution in [2.24, 2.45) is 0 Å². The Morgan fingerprint density at radius 3 is 2.56 bits per heavy atom. The predicted molar refractivity (Wildman–Crippen MR) is 64.5 cm³/mol. The van der Waals surface area contributed by atoms with Gasteiger partial charge in [-0.15, -0.1) is 5.10 Å². The first-order valence-electron chi connectivity index (χ1n) is 5.89. The fraction of sp³-hybridized carbons (Fsp3) is 0.818. The zero-order valence-electron chi connectivity index (χ0n) is 10.8. The van der Waals surface area contributed by atoms with Crippen LogP contribution in [0.5, 0.6) is 0 Å². The molecule has 5 heteroatoms. The number of anilines is 1. The zero-order chi connectivity index (χ0) is 12.1. The molecule has 0 spiro atoms. The molecule has 16 heavy (non-hydrogen) atoms. The maximum Gasteiger partial charge on any atom is 0.318 e. The van der Waals surface area contributed by atoms with Crippen LogP contribution in [0.1, 0.15) is 46.0 Å². The molecule has 0 aromatic carbocycles. The predicted octanol–water partition coefficient (Wildman–Crippen LogP) is 1.97. The van der Waals surface area contributed by atoms with Crippen LogP contribution >= 0.6 is 0 Å². The first-order valence-corrected chi connectivity index (χ1v) is 5.89. The Labute approximate surface area is 97.2 Å². The second-order valence-electron chi connectivity index (χ2n) is 4.07.